The van der Waals surface area contributed by atoms with Crippen LogP contribution in [0.5, 0.6) is 0 Å². The summed E-state index contributed by atoms with van der Waals surface area (Å²) < 4.78 is 35.1. The lowest BCUT2D eigenvalue weighted by Crippen LogP contribution is -2.22. The van der Waals surface area contributed by atoms with Crippen LogP contribution in [0.2, 0.25) is 0 Å². The molecule has 0 aromatic heterocycles. The monoisotopic (exact) mass is 687 g/mol. The molecule has 0 amide bonds. The van der Waals surface area contributed by atoms with E-state index in [-0.39, 0.29) is 18.3 Å². The van der Waals surface area contributed by atoms with Gasteiger partial charge >= 0.3 is 7.82 Å². The second-order valence-corrected chi connectivity index (χ2v) is 16.3. The molecule has 0 heterocycles. The van der Waals surface area contributed by atoms with E-state index in [1.807, 2.05) is 0 Å². The Hall–Kier alpha value is 0.110. The SMILES string of the molecule is CCCCCCCCC(CCCCC)OP(=O)(OC(CCCCC)CCCCCCCC)OC(CCCCC)CCCCCCCC. The third-order valence-electron chi connectivity index (χ3n) is 9.86. The molecule has 3 atom stereocenters. The number of hydrogen-bond donors (Lipinski definition) is 0. The van der Waals surface area contributed by atoms with Crippen LogP contribution < -0.4 is 0 Å². The Balaban J connectivity index is 5.91. The first-order chi connectivity index (χ1) is 23.0. The summed E-state index contributed by atoms with van der Waals surface area (Å²) in [5, 5.41) is 0. The van der Waals surface area contributed by atoms with Gasteiger partial charge in [0.25, 0.3) is 0 Å². The van der Waals surface area contributed by atoms with Crippen LogP contribution in [0, 0.1) is 0 Å². The Kier molecular flexibility index (Phi) is 36.0. The number of phosphoric acid groups is 1. The first-order valence-corrected chi connectivity index (χ1v) is 23.1. The Bertz CT molecular complexity index is 571. The third-order valence-corrected chi connectivity index (χ3v) is 11.5. The Morgan fingerprint density at radius 1 is 0.298 bits per heavy atom. The van der Waals surface area contributed by atoms with E-state index in [0.717, 1.165) is 77.0 Å². The van der Waals surface area contributed by atoms with Crippen molar-refractivity contribution in [1.29, 1.82) is 0 Å². The van der Waals surface area contributed by atoms with Crippen LogP contribution >= 0.6 is 7.82 Å². The Labute approximate surface area is 297 Å². The van der Waals surface area contributed by atoms with Crippen LogP contribution in [0.25, 0.3) is 0 Å². The lowest BCUT2D eigenvalue weighted by molar-refractivity contribution is 0.0156. The van der Waals surface area contributed by atoms with E-state index >= 15 is 0 Å². The molecule has 0 aliphatic heterocycles. The molecule has 0 aliphatic rings. The average Bonchev–Trinajstić information content (AvgIpc) is 3.05. The number of unbranched alkanes of at least 4 members (excludes halogenated alkanes) is 21. The molecule has 0 aromatic carbocycles. The van der Waals surface area contributed by atoms with Crippen LogP contribution in [0.3, 0.4) is 0 Å². The molecule has 5 heteroatoms. The molecule has 0 spiro atoms. The maximum atomic E-state index is 15.0. The molecule has 0 N–H and O–H groups in total. The highest BCUT2D eigenvalue weighted by Crippen LogP contribution is 2.55. The van der Waals surface area contributed by atoms with E-state index in [2.05, 4.69) is 41.5 Å². The van der Waals surface area contributed by atoms with Gasteiger partial charge in [-0.05, 0) is 38.5 Å². The fourth-order valence-corrected chi connectivity index (χ4v) is 8.57. The normalized spacial score (nSPS) is 15.1. The highest BCUT2D eigenvalue weighted by Gasteiger charge is 2.36. The van der Waals surface area contributed by atoms with Crippen LogP contribution in [-0.2, 0) is 18.1 Å². The third kappa shape index (κ3) is 30.6. The number of rotatable bonds is 39. The minimum Gasteiger partial charge on any atom is -0.284 e. The van der Waals surface area contributed by atoms with Gasteiger partial charge in [-0.3, -0.25) is 13.6 Å². The summed E-state index contributed by atoms with van der Waals surface area (Å²) in [5.74, 6) is 0. The highest BCUT2D eigenvalue weighted by atomic mass is 31.2. The van der Waals surface area contributed by atoms with Crippen molar-refractivity contribution in [2.24, 2.45) is 0 Å². The molecule has 0 aromatic rings. The fourth-order valence-electron chi connectivity index (χ4n) is 6.69. The topological polar surface area (TPSA) is 44.8 Å². The molecule has 0 rings (SSSR count). The van der Waals surface area contributed by atoms with E-state index in [4.69, 9.17) is 13.6 Å². The lowest BCUT2D eigenvalue weighted by Gasteiger charge is -2.31. The average molecular weight is 687 g/mol. The summed E-state index contributed by atoms with van der Waals surface area (Å²) in [7, 11) is -3.73. The minimum atomic E-state index is -3.73. The van der Waals surface area contributed by atoms with Crippen molar-refractivity contribution >= 4 is 7.82 Å². The van der Waals surface area contributed by atoms with E-state index < -0.39 is 7.82 Å². The van der Waals surface area contributed by atoms with Gasteiger partial charge < -0.3 is 0 Å². The second-order valence-electron chi connectivity index (χ2n) is 14.8. The van der Waals surface area contributed by atoms with Crippen molar-refractivity contribution < 1.29 is 18.1 Å². The molecule has 4 nitrogen and oxygen atoms in total. The van der Waals surface area contributed by atoms with Crippen molar-refractivity contribution in [2.75, 3.05) is 0 Å². The lowest BCUT2D eigenvalue weighted by atomic mass is 10.0. The van der Waals surface area contributed by atoms with E-state index in [1.165, 1.54) is 135 Å². The van der Waals surface area contributed by atoms with Crippen molar-refractivity contribution in [3.63, 3.8) is 0 Å². The minimum absolute atomic E-state index is 0.0470. The van der Waals surface area contributed by atoms with Crippen molar-refractivity contribution in [3.05, 3.63) is 0 Å². The largest absolute Gasteiger partial charge is 0.475 e. The first-order valence-electron chi connectivity index (χ1n) is 21.6. The smallest absolute Gasteiger partial charge is 0.284 e. The van der Waals surface area contributed by atoms with Gasteiger partial charge in [0.05, 0.1) is 18.3 Å². The molecular weight excluding hydrogens is 599 g/mol. The predicted octanol–water partition coefficient (Wildman–Crippen LogP) is 16.2. The molecule has 3 unspecified atom stereocenters. The quantitative estimate of drug-likeness (QED) is 0.0477. The summed E-state index contributed by atoms with van der Waals surface area (Å²) in [4.78, 5) is 0. The van der Waals surface area contributed by atoms with Crippen LogP contribution in [-0.4, -0.2) is 18.3 Å². The number of phosphoric ester groups is 1. The molecule has 0 aliphatic carbocycles. The molecule has 0 saturated heterocycles. The van der Waals surface area contributed by atoms with Gasteiger partial charge in [0.15, 0.2) is 0 Å². The van der Waals surface area contributed by atoms with Gasteiger partial charge in [-0.25, -0.2) is 4.57 Å². The summed E-state index contributed by atoms with van der Waals surface area (Å²) >= 11 is 0. The van der Waals surface area contributed by atoms with Gasteiger partial charge in [0.1, 0.15) is 0 Å². The Morgan fingerprint density at radius 3 is 0.702 bits per heavy atom. The van der Waals surface area contributed by atoms with E-state index in [0.29, 0.717) is 0 Å². The molecule has 0 radical (unpaired) electrons. The molecule has 0 fully saturated rings. The molecule has 47 heavy (non-hydrogen) atoms. The van der Waals surface area contributed by atoms with Crippen molar-refractivity contribution in [1.82, 2.24) is 0 Å². The molecule has 284 valence electrons. The maximum Gasteiger partial charge on any atom is 0.475 e. The summed E-state index contributed by atoms with van der Waals surface area (Å²) in [5.41, 5.74) is 0. The zero-order valence-electron chi connectivity index (χ0n) is 33.1. The summed E-state index contributed by atoms with van der Waals surface area (Å²) in [6, 6.07) is 0. The molecule has 0 bridgehead atoms. The molecule has 0 saturated carbocycles. The van der Waals surface area contributed by atoms with Crippen LogP contribution in [0.4, 0.5) is 0 Å². The predicted molar refractivity (Wildman–Crippen MR) is 209 cm³/mol. The van der Waals surface area contributed by atoms with Crippen molar-refractivity contribution in [2.45, 2.75) is 272 Å². The zero-order chi connectivity index (χ0) is 34.7. The van der Waals surface area contributed by atoms with E-state index in [1.54, 1.807) is 0 Å². The second kappa shape index (κ2) is 35.9. The highest BCUT2D eigenvalue weighted by molar-refractivity contribution is 7.48. The first kappa shape index (κ1) is 47.1. The van der Waals surface area contributed by atoms with Gasteiger partial charge in [0.2, 0.25) is 0 Å². The molecular formula is C42H87O4P. The van der Waals surface area contributed by atoms with Gasteiger partial charge in [-0.1, -0.05) is 215 Å². The fraction of sp³-hybridized carbons (Fsp3) is 1.00. The standard InChI is InChI=1S/C42H87O4P/c1-7-13-19-22-25-31-37-40(34-28-16-10-4)44-47(43,45-41(35-29-17-11-5)38-32-26-23-20-14-8-2)46-42(36-30-18-12-6)39-33-27-24-21-15-9-3/h40-42H,7-39H2,1-6H3. The van der Waals surface area contributed by atoms with E-state index in [9.17, 15) is 4.57 Å². The Morgan fingerprint density at radius 2 is 0.468 bits per heavy atom. The summed E-state index contributed by atoms with van der Waals surface area (Å²) in [6.45, 7) is 13.6. The van der Waals surface area contributed by atoms with Gasteiger partial charge in [0, 0.05) is 0 Å². The summed E-state index contributed by atoms with van der Waals surface area (Å²) in [6.07, 6.45) is 38.8. The zero-order valence-corrected chi connectivity index (χ0v) is 34.0. The maximum absolute atomic E-state index is 15.0. The van der Waals surface area contributed by atoms with Gasteiger partial charge in [-0.15, -0.1) is 0 Å². The van der Waals surface area contributed by atoms with Gasteiger partial charge in [-0.2, -0.15) is 0 Å². The van der Waals surface area contributed by atoms with Crippen LogP contribution in [0.15, 0.2) is 0 Å². The number of hydrogen-bond acceptors (Lipinski definition) is 4. The van der Waals surface area contributed by atoms with Crippen LogP contribution in [0.1, 0.15) is 253 Å². The van der Waals surface area contributed by atoms with Crippen molar-refractivity contribution in [3.8, 4) is 0 Å².